The van der Waals surface area contributed by atoms with E-state index in [9.17, 15) is 0 Å². The smallest absolute Gasteiger partial charge is 0.0610 e. The molecule has 0 radical (unpaired) electrons. The van der Waals surface area contributed by atoms with Gasteiger partial charge in [-0.05, 0) is 30.4 Å². The molecule has 1 aromatic rings. The van der Waals surface area contributed by atoms with Crippen molar-refractivity contribution in [1.29, 1.82) is 0 Å². The summed E-state index contributed by atoms with van der Waals surface area (Å²) in [5.41, 5.74) is 8.75. The molecule has 0 spiro atoms. The predicted molar refractivity (Wildman–Crippen MR) is 56.0 cm³/mol. The molecule has 0 aliphatic heterocycles. The minimum Gasteiger partial charge on any atom is -0.395 e. The first kappa shape index (κ1) is 9.74. The Morgan fingerprint density at radius 1 is 1.43 bits per heavy atom. The Bertz CT molecular complexity index is 306. The van der Waals surface area contributed by atoms with E-state index >= 15 is 0 Å². The number of nitrogens with two attached hydrogens (primary N) is 1. The molecule has 78 valence electrons. The number of hydrogen-bond acceptors (Lipinski definition) is 2. The van der Waals surface area contributed by atoms with Gasteiger partial charge in [-0.2, -0.15) is 0 Å². The Kier molecular flexibility index (Phi) is 2.89. The Morgan fingerprint density at radius 2 is 2.29 bits per heavy atom. The van der Waals surface area contributed by atoms with Gasteiger partial charge in [-0.15, -0.1) is 0 Å². The fraction of sp³-hybridized carbons (Fsp3) is 0.636. The molecule has 1 unspecified atom stereocenters. The first-order chi connectivity index (χ1) is 6.81. The molecule has 1 heterocycles. The van der Waals surface area contributed by atoms with Gasteiger partial charge in [0.25, 0.3) is 0 Å². The molecule has 3 N–H and O–H groups in total. The van der Waals surface area contributed by atoms with E-state index in [2.05, 4.69) is 17.0 Å². The van der Waals surface area contributed by atoms with Crippen molar-refractivity contribution in [2.24, 2.45) is 5.73 Å². The van der Waals surface area contributed by atoms with Crippen molar-refractivity contribution in [1.82, 2.24) is 4.57 Å². The van der Waals surface area contributed by atoms with Crippen LogP contribution in [-0.4, -0.2) is 16.3 Å². The van der Waals surface area contributed by atoms with E-state index in [-0.39, 0.29) is 12.6 Å². The third kappa shape index (κ3) is 1.83. The van der Waals surface area contributed by atoms with Gasteiger partial charge >= 0.3 is 0 Å². The molecule has 0 saturated carbocycles. The van der Waals surface area contributed by atoms with Gasteiger partial charge in [-0.25, -0.2) is 0 Å². The Morgan fingerprint density at radius 3 is 3.07 bits per heavy atom. The normalized spacial score (nSPS) is 21.7. The fourth-order valence-corrected chi connectivity index (χ4v) is 2.20. The molecule has 0 bridgehead atoms. The molecule has 2 rings (SSSR count). The van der Waals surface area contributed by atoms with Crippen LogP contribution in [0.2, 0.25) is 0 Å². The van der Waals surface area contributed by atoms with Crippen LogP contribution in [0.25, 0.3) is 0 Å². The highest BCUT2D eigenvalue weighted by atomic mass is 16.3. The number of aliphatic hydroxyl groups excluding tert-OH is 1. The van der Waals surface area contributed by atoms with Crippen LogP contribution in [0, 0.1) is 0 Å². The van der Waals surface area contributed by atoms with Gasteiger partial charge in [-0.1, -0.05) is 6.42 Å². The van der Waals surface area contributed by atoms with E-state index in [1.165, 1.54) is 24.0 Å². The standard InChI is InChI=1S/C11H18N2O/c12-11-4-2-1-3-9-7-13(5-6-14)8-10(9)11/h7-8,11,14H,1-6,12H2. The van der Waals surface area contributed by atoms with Crippen molar-refractivity contribution in [3.05, 3.63) is 23.5 Å². The number of rotatable bonds is 2. The van der Waals surface area contributed by atoms with Crippen molar-refractivity contribution >= 4 is 0 Å². The monoisotopic (exact) mass is 194 g/mol. The Hall–Kier alpha value is -0.800. The van der Waals surface area contributed by atoms with E-state index in [1.54, 1.807) is 0 Å². The summed E-state index contributed by atoms with van der Waals surface area (Å²) in [5, 5.41) is 8.85. The van der Waals surface area contributed by atoms with E-state index in [4.69, 9.17) is 10.8 Å². The predicted octanol–water partition coefficient (Wildman–Crippen LogP) is 1.21. The average Bonchev–Trinajstić information content (AvgIpc) is 2.49. The van der Waals surface area contributed by atoms with Crippen molar-refractivity contribution in [3.8, 4) is 0 Å². The number of fused-ring (bicyclic) bond motifs is 1. The number of aliphatic hydroxyl groups is 1. The minimum absolute atomic E-state index is 0.197. The highest BCUT2D eigenvalue weighted by molar-refractivity contribution is 5.28. The van der Waals surface area contributed by atoms with Crippen LogP contribution in [0.5, 0.6) is 0 Å². The van der Waals surface area contributed by atoms with Gasteiger partial charge in [0.15, 0.2) is 0 Å². The molecule has 1 aliphatic rings. The summed E-state index contributed by atoms with van der Waals surface area (Å²) in [6.45, 7) is 0.877. The first-order valence-corrected chi connectivity index (χ1v) is 5.36. The zero-order valence-electron chi connectivity index (χ0n) is 8.45. The largest absolute Gasteiger partial charge is 0.395 e. The van der Waals surface area contributed by atoms with Gasteiger partial charge in [0.05, 0.1) is 6.61 Å². The van der Waals surface area contributed by atoms with Crippen molar-refractivity contribution in [2.45, 2.75) is 38.3 Å². The second-order valence-electron chi connectivity index (χ2n) is 4.05. The van der Waals surface area contributed by atoms with E-state index in [0.29, 0.717) is 6.54 Å². The lowest BCUT2D eigenvalue weighted by molar-refractivity contribution is 0.276. The van der Waals surface area contributed by atoms with E-state index < -0.39 is 0 Å². The Balaban J connectivity index is 2.24. The van der Waals surface area contributed by atoms with Crippen molar-refractivity contribution < 1.29 is 5.11 Å². The van der Waals surface area contributed by atoms with Gasteiger partial charge in [0.2, 0.25) is 0 Å². The highest BCUT2D eigenvalue weighted by Crippen LogP contribution is 2.27. The molecule has 1 atom stereocenters. The SMILES string of the molecule is NC1CCCCc2cn(CCO)cc21. The third-order valence-corrected chi connectivity index (χ3v) is 2.97. The molecule has 1 aliphatic carbocycles. The van der Waals surface area contributed by atoms with Crippen molar-refractivity contribution in [3.63, 3.8) is 0 Å². The maximum absolute atomic E-state index is 8.85. The summed E-state index contributed by atoms with van der Waals surface area (Å²) in [4.78, 5) is 0. The summed E-state index contributed by atoms with van der Waals surface area (Å²) in [6.07, 6.45) is 8.94. The van der Waals surface area contributed by atoms with Crippen LogP contribution >= 0.6 is 0 Å². The number of hydrogen-bond donors (Lipinski definition) is 2. The zero-order chi connectivity index (χ0) is 9.97. The molecule has 1 aromatic heterocycles. The van der Waals surface area contributed by atoms with Gasteiger partial charge in [-0.3, -0.25) is 0 Å². The van der Waals surface area contributed by atoms with Gasteiger partial charge in [0.1, 0.15) is 0 Å². The first-order valence-electron chi connectivity index (χ1n) is 5.36. The lowest BCUT2D eigenvalue weighted by Crippen LogP contribution is -2.09. The van der Waals surface area contributed by atoms with Crippen LogP contribution in [0.3, 0.4) is 0 Å². The second-order valence-corrected chi connectivity index (χ2v) is 4.05. The number of nitrogens with zero attached hydrogens (tertiary/aromatic N) is 1. The number of aryl methyl sites for hydroxylation is 1. The summed E-state index contributed by atoms with van der Waals surface area (Å²) in [6, 6.07) is 0.201. The lowest BCUT2D eigenvalue weighted by atomic mass is 10.1. The molecule has 0 amide bonds. The van der Waals surface area contributed by atoms with Crippen LogP contribution in [-0.2, 0) is 13.0 Å². The summed E-state index contributed by atoms with van der Waals surface area (Å²) in [7, 11) is 0. The average molecular weight is 194 g/mol. The molecule has 14 heavy (non-hydrogen) atoms. The topological polar surface area (TPSA) is 51.2 Å². The molecule has 0 aromatic carbocycles. The molecular formula is C11H18N2O. The lowest BCUT2D eigenvalue weighted by Gasteiger charge is -2.07. The number of aromatic nitrogens is 1. The molecular weight excluding hydrogens is 176 g/mol. The Labute approximate surface area is 84.5 Å². The summed E-state index contributed by atoms with van der Waals surface area (Å²) < 4.78 is 2.05. The quantitative estimate of drug-likeness (QED) is 0.695. The van der Waals surface area contributed by atoms with Gasteiger partial charge in [0, 0.05) is 25.0 Å². The highest BCUT2D eigenvalue weighted by Gasteiger charge is 2.16. The van der Waals surface area contributed by atoms with Crippen LogP contribution < -0.4 is 5.73 Å². The summed E-state index contributed by atoms with van der Waals surface area (Å²) in [5.74, 6) is 0. The van der Waals surface area contributed by atoms with Gasteiger partial charge < -0.3 is 15.4 Å². The fourth-order valence-electron chi connectivity index (χ4n) is 2.20. The van der Waals surface area contributed by atoms with Crippen LogP contribution in [0.1, 0.15) is 36.4 Å². The van der Waals surface area contributed by atoms with E-state index in [0.717, 1.165) is 12.8 Å². The second kappa shape index (κ2) is 4.15. The van der Waals surface area contributed by atoms with Crippen LogP contribution in [0.15, 0.2) is 12.4 Å². The minimum atomic E-state index is 0.197. The molecule has 3 nitrogen and oxygen atoms in total. The molecule has 3 heteroatoms. The van der Waals surface area contributed by atoms with Crippen molar-refractivity contribution in [2.75, 3.05) is 6.61 Å². The van der Waals surface area contributed by atoms with E-state index in [1.807, 2.05) is 0 Å². The summed E-state index contributed by atoms with van der Waals surface area (Å²) >= 11 is 0. The molecule has 0 fully saturated rings. The zero-order valence-corrected chi connectivity index (χ0v) is 8.45. The van der Waals surface area contributed by atoms with Crippen LogP contribution in [0.4, 0.5) is 0 Å². The maximum atomic E-state index is 8.85. The third-order valence-electron chi connectivity index (χ3n) is 2.97. The molecule has 0 saturated heterocycles. The maximum Gasteiger partial charge on any atom is 0.0610 e.